The minimum absolute atomic E-state index is 0.187. The third-order valence-corrected chi connectivity index (χ3v) is 7.73. The largest absolute Gasteiger partial charge is 0.311 e. The van der Waals surface area contributed by atoms with Crippen LogP contribution in [0.2, 0.25) is 5.02 Å². The van der Waals surface area contributed by atoms with Crippen LogP contribution in [0.15, 0.2) is 60.7 Å². The summed E-state index contributed by atoms with van der Waals surface area (Å²) in [6.07, 6.45) is 0. The molecule has 33 heavy (non-hydrogen) atoms. The van der Waals surface area contributed by atoms with Gasteiger partial charge in [0.15, 0.2) is 4.87 Å². The molecular weight excluding hydrogens is 466 g/mol. The molecule has 2 heterocycles. The second-order valence-corrected chi connectivity index (χ2v) is 9.79. The Bertz CT molecular complexity index is 1260. The van der Waals surface area contributed by atoms with E-state index < -0.39 is 16.5 Å². The van der Waals surface area contributed by atoms with Crippen molar-refractivity contribution in [3.63, 3.8) is 0 Å². The highest BCUT2D eigenvalue weighted by Crippen LogP contribution is 2.55. The number of fused-ring (bicyclic) bond motifs is 2. The molecule has 168 valence electrons. The molecule has 0 N–H and O–H groups in total. The molecule has 3 aromatic rings. The molecule has 3 aromatic carbocycles. The van der Waals surface area contributed by atoms with Crippen LogP contribution in [0.3, 0.4) is 0 Å². The van der Waals surface area contributed by atoms with Gasteiger partial charge in [-0.15, -0.1) is 11.8 Å². The van der Waals surface area contributed by atoms with E-state index in [1.807, 2.05) is 19.1 Å². The van der Waals surface area contributed by atoms with E-state index in [0.717, 1.165) is 5.56 Å². The van der Waals surface area contributed by atoms with E-state index in [-0.39, 0.29) is 23.9 Å². The fourth-order valence-electron chi connectivity index (χ4n) is 4.48. The number of hydrogen-bond donors (Lipinski definition) is 0. The quantitative estimate of drug-likeness (QED) is 0.492. The Balaban J connectivity index is 1.61. The third-order valence-electron chi connectivity index (χ3n) is 6.06. The summed E-state index contributed by atoms with van der Waals surface area (Å²) in [4.78, 5) is 29.1. The lowest BCUT2D eigenvalue weighted by molar-refractivity contribution is -0.123. The SMILES string of the molecule is Cc1ccc2c(c1)[C@@]1(SCCN1C(=O)c1ccc(Cl)cc1)C(=O)N2Cc1c(F)cccc1F. The van der Waals surface area contributed by atoms with Gasteiger partial charge in [0.1, 0.15) is 11.6 Å². The lowest BCUT2D eigenvalue weighted by Gasteiger charge is -2.33. The first-order valence-corrected chi connectivity index (χ1v) is 11.8. The molecule has 2 amide bonds. The Morgan fingerprint density at radius 2 is 1.79 bits per heavy atom. The first kappa shape index (κ1) is 21.9. The highest BCUT2D eigenvalue weighted by molar-refractivity contribution is 8.01. The van der Waals surface area contributed by atoms with E-state index >= 15 is 0 Å². The van der Waals surface area contributed by atoms with Crippen molar-refractivity contribution in [1.82, 2.24) is 4.90 Å². The van der Waals surface area contributed by atoms with Crippen LogP contribution in [-0.2, 0) is 16.2 Å². The molecule has 1 spiro atoms. The highest BCUT2D eigenvalue weighted by atomic mass is 35.5. The molecule has 1 fully saturated rings. The normalized spacial score (nSPS) is 19.5. The minimum atomic E-state index is -1.29. The smallest absolute Gasteiger partial charge is 0.268 e. The molecule has 1 saturated heterocycles. The van der Waals surface area contributed by atoms with Crippen molar-refractivity contribution in [2.75, 3.05) is 17.2 Å². The van der Waals surface area contributed by atoms with E-state index in [1.54, 1.807) is 35.2 Å². The van der Waals surface area contributed by atoms with Gasteiger partial charge in [0.2, 0.25) is 0 Å². The van der Waals surface area contributed by atoms with Crippen molar-refractivity contribution in [3.8, 4) is 0 Å². The van der Waals surface area contributed by atoms with Gasteiger partial charge in [-0.2, -0.15) is 0 Å². The van der Waals surface area contributed by atoms with Crippen molar-refractivity contribution in [1.29, 1.82) is 0 Å². The highest BCUT2D eigenvalue weighted by Gasteiger charge is 2.59. The maximum absolute atomic E-state index is 14.4. The number of nitrogens with zero attached hydrogens (tertiary/aromatic N) is 2. The minimum Gasteiger partial charge on any atom is -0.311 e. The summed E-state index contributed by atoms with van der Waals surface area (Å²) in [5.74, 6) is -1.55. The summed E-state index contributed by atoms with van der Waals surface area (Å²) in [5, 5.41) is 0.507. The van der Waals surface area contributed by atoms with Crippen LogP contribution in [0.4, 0.5) is 14.5 Å². The zero-order chi connectivity index (χ0) is 23.3. The van der Waals surface area contributed by atoms with Crippen LogP contribution in [0.1, 0.15) is 27.0 Å². The lowest BCUT2D eigenvalue weighted by atomic mass is 10.0. The zero-order valence-electron chi connectivity index (χ0n) is 17.6. The molecule has 1 atom stereocenters. The van der Waals surface area contributed by atoms with E-state index in [2.05, 4.69) is 0 Å². The lowest BCUT2D eigenvalue weighted by Crippen LogP contribution is -2.50. The van der Waals surface area contributed by atoms with Crippen molar-refractivity contribution in [2.24, 2.45) is 0 Å². The fraction of sp³-hybridized carbons (Fsp3) is 0.200. The molecule has 2 aliphatic heterocycles. The molecule has 0 bridgehead atoms. The number of amides is 2. The summed E-state index contributed by atoms with van der Waals surface area (Å²) in [6, 6.07) is 15.7. The van der Waals surface area contributed by atoms with Gasteiger partial charge in [0.05, 0.1) is 12.2 Å². The van der Waals surface area contributed by atoms with Crippen LogP contribution in [0, 0.1) is 18.6 Å². The number of carbonyl (C=O) groups is 2. The number of anilines is 1. The van der Waals surface area contributed by atoms with Gasteiger partial charge < -0.3 is 9.80 Å². The Hall–Kier alpha value is -2.90. The first-order valence-electron chi connectivity index (χ1n) is 10.4. The molecule has 0 unspecified atom stereocenters. The predicted octanol–water partition coefficient (Wildman–Crippen LogP) is 5.52. The topological polar surface area (TPSA) is 40.6 Å². The predicted molar refractivity (Wildman–Crippen MR) is 125 cm³/mol. The molecule has 0 aliphatic carbocycles. The molecule has 0 radical (unpaired) electrons. The average Bonchev–Trinajstić information content (AvgIpc) is 3.33. The molecule has 4 nitrogen and oxygen atoms in total. The number of aryl methyl sites for hydroxylation is 1. The van der Waals surface area contributed by atoms with Gasteiger partial charge in [0, 0.05) is 34.0 Å². The van der Waals surface area contributed by atoms with Gasteiger partial charge in [-0.3, -0.25) is 9.59 Å². The molecule has 5 rings (SSSR count). The summed E-state index contributed by atoms with van der Waals surface area (Å²) < 4.78 is 28.9. The molecule has 0 saturated carbocycles. The van der Waals surface area contributed by atoms with Crippen molar-refractivity contribution < 1.29 is 18.4 Å². The van der Waals surface area contributed by atoms with Crippen molar-refractivity contribution in [3.05, 3.63) is 99.6 Å². The Morgan fingerprint density at radius 1 is 1.09 bits per heavy atom. The van der Waals surface area contributed by atoms with Crippen molar-refractivity contribution >= 4 is 40.9 Å². The molecule has 2 aliphatic rings. The second kappa shape index (κ2) is 8.15. The number of benzene rings is 3. The zero-order valence-corrected chi connectivity index (χ0v) is 19.2. The Labute approximate surface area is 199 Å². The first-order chi connectivity index (χ1) is 15.8. The number of thioether (sulfide) groups is 1. The standard InChI is InChI=1S/C25H19ClF2N2O2S/c1-15-5-10-22-19(13-15)25(24(32)29(22)14-18-20(27)3-2-4-21(18)28)30(11-12-33-25)23(31)16-6-8-17(26)9-7-16/h2-10,13H,11-12,14H2,1H3/t25-/m1/s1. The number of halogens is 3. The van der Waals surface area contributed by atoms with Crippen LogP contribution in [-0.4, -0.2) is 29.0 Å². The monoisotopic (exact) mass is 484 g/mol. The number of carbonyl (C=O) groups excluding carboxylic acids is 2. The van der Waals surface area contributed by atoms with Gasteiger partial charge in [-0.25, -0.2) is 8.78 Å². The third kappa shape index (κ3) is 3.42. The van der Waals surface area contributed by atoms with E-state index in [1.165, 1.54) is 34.9 Å². The van der Waals surface area contributed by atoms with Gasteiger partial charge >= 0.3 is 0 Å². The van der Waals surface area contributed by atoms with Crippen LogP contribution < -0.4 is 4.90 Å². The average molecular weight is 485 g/mol. The maximum Gasteiger partial charge on any atom is 0.268 e. The van der Waals surface area contributed by atoms with Crippen LogP contribution in [0.25, 0.3) is 0 Å². The summed E-state index contributed by atoms with van der Waals surface area (Å²) in [7, 11) is 0. The van der Waals surface area contributed by atoms with E-state index in [9.17, 15) is 18.4 Å². The summed E-state index contributed by atoms with van der Waals surface area (Å²) in [6.45, 7) is 2.01. The van der Waals surface area contributed by atoms with Gasteiger partial charge in [-0.05, 0) is 49.4 Å². The summed E-state index contributed by atoms with van der Waals surface area (Å²) in [5.41, 5.74) is 2.37. The Kier molecular flexibility index (Phi) is 5.41. The number of hydrogen-bond acceptors (Lipinski definition) is 3. The summed E-state index contributed by atoms with van der Waals surface area (Å²) >= 11 is 7.34. The van der Waals surface area contributed by atoms with Crippen LogP contribution >= 0.6 is 23.4 Å². The van der Waals surface area contributed by atoms with E-state index in [4.69, 9.17) is 11.6 Å². The van der Waals surface area contributed by atoms with Crippen molar-refractivity contribution in [2.45, 2.75) is 18.3 Å². The van der Waals surface area contributed by atoms with Gasteiger partial charge in [0.25, 0.3) is 11.8 Å². The van der Waals surface area contributed by atoms with Crippen LogP contribution in [0.5, 0.6) is 0 Å². The second-order valence-electron chi connectivity index (χ2n) is 8.07. The maximum atomic E-state index is 14.4. The number of rotatable bonds is 3. The molecule has 8 heteroatoms. The van der Waals surface area contributed by atoms with E-state index in [0.29, 0.717) is 34.1 Å². The fourth-order valence-corrected chi connectivity index (χ4v) is 6.05. The Morgan fingerprint density at radius 3 is 2.48 bits per heavy atom. The molecular formula is C25H19ClF2N2O2S. The molecule has 0 aromatic heterocycles. The van der Waals surface area contributed by atoms with Gasteiger partial charge in [-0.1, -0.05) is 35.4 Å².